The van der Waals surface area contributed by atoms with Crippen molar-refractivity contribution in [3.05, 3.63) is 83.4 Å². The highest BCUT2D eigenvalue weighted by Crippen LogP contribution is 2.21. The summed E-state index contributed by atoms with van der Waals surface area (Å²) < 4.78 is 33.7. The van der Waals surface area contributed by atoms with E-state index in [1.54, 1.807) is 42.5 Å². The first-order valence-electron chi connectivity index (χ1n) is 10.4. The summed E-state index contributed by atoms with van der Waals surface area (Å²) in [6, 6.07) is 18.5. The highest BCUT2D eigenvalue weighted by Gasteiger charge is 2.15. The van der Waals surface area contributed by atoms with Crippen LogP contribution in [0.25, 0.3) is 0 Å². The minimum Gasteiger partial charge on any atom is -0.493 e. The number of carbonyl (C=O) groups is 1. The summed E-state index contributed by atoms with van der Waals surface area (Å²) in [4.78, 5) is 12.7. The van der Waals surface area contributed by atoms with Crippen LogP contribution in [-0.2, 0) is 10.0 Å². The molecule has 6 nitrogen and oxygen atoms in total. The Morgan fingerprint density at radius 3 is 2.19 bits per heavy atom. The molecule has 2 N–H and O–H groups in total. The Bertz CT molecular complexity index is 1180. The lowest BCUT2D eigenvalue weighted by molar-refractivity contribution is 0.102. The van der Waals surface area contributed by atoms with Crippen molar-refractivity contribution >= 4 is 27.3 Å². The third-order valence-electron chi connectivity index (χ3n) is 4.58. The molecule has 3 rings (SSSR count). The maximum atomic E-state index is 12.7. The summed E-state index contributed by atoms with van der Waals surface area (Å²) in [5.41, 5.74) is 3.41. The lowest BCUT2D eigenvalue weighted by Crippen LogP contribution is -2.14. The Kier molecular flexibility index (Phi) is 7.20. The monoisotopic (exact) mass is 452 g/mol. The fraction of sp³-hybridized carbons (Fsp3) is 0.240. The summed E-state index contributed by atoms with van der Waals surface area (Å²) in [5, 5.41) is 2.78. The van der Waals surface area contributed by atoms with Crippen molar-refractivity contribution in [2.24, 2.45) is 5.92 Å². The van der Waals surface area contributed by atoms with E-state index in [1.165, 1.54) is 12.1 Å². The Labute approximate surface area is 189 Å². The maximum Gasteiger partial charge on any atom is 0.261 e. The molecule has 0 saturated heterocycles. The van der Waals surface area contributed by atoms with Crippen LogP contribution in [0.2, 0.25) is 0 Å². The van der Waals surface area contributed by atoms with Crippen molar-refractivity contribution in [3.63, 3.8) is 0 Å². The Hall–Kier alpha value is -3.32. The van der Waals surface area contributed by atoms with Gasteiger partial charge in [0.1, 0.15) is 5.75 Å². The molecule has 0 atom stereocenters. The average molecular weight is 453 g/mol. The lowest BCUT2D eigenvalue weighted by Gasteiger charge is -2.12. The molecule has 7 heteroatoms. The fourth-order valence-corrected chi connectivity index (χ4v) is 4.20. The quantitative estimate of drug-likeness (QED) is 0.480. The number of hydrogen-bond acceptors (Lipinski definition) is 4. The van der Waals surface area contributed by atoms with Gasteiger partial charge < -0.3 is 10.1 Å². The Morgan fingerprint density at radius 2 is 1.56 bits per heavy atom. The van der Waals surface area contributed by atoms with Crippen LogP contribution in [0.1, 0.15) is 35.3 Å². The van der Waals surface area contributed by atoms with Crippen LogP contribution >= 0.6 is 0 Å². The van der Waals surface area contributed by atoms with Crippen LogP contribution in [0.5, 0.6) is 5.75 Å². The zero-order valence-corrected chi connectivity index (χ0v) is 19.5. The predicted molar refractivity (Wildman–Crippen MR) is 128 cm³/mol. The van der Waals surface area contributed by atoms with Crippen molar-refractivity contribution in [2.45, 2.75) is 32.6 Å². The normalized spacial score (nSPS) is 11.3. The van der Waals surface area contributed by atoms with Gasteiger partial charge in [-0.25, -0.2) is 8.42 Å². The van der Waals surface area contributed by atoms with Crippen LogP contribution in [0.15, 0.2) is 71.6 Å². The second-order valence-corrected chi connectivity index (χ2v) is 9.88. The topological polar surface area (TPSA) is 84.5 Å². The minimum absolute atomic E-state index is 0.110. The summed E-state index contributed by atoms with van der Waals surface area (Å²) >= 11 is 0. The molecule has 32 heavy (non-hydrogen) atoms. The third kappa shape index (κ3) is 6.34. The van der Waals surface area contributed by atoms with Crippen molar-refractivity contribution in [2.75, 3.05) is 16.6 Å². The predicted octanol–water partition coefficient (Wildman–Crippen LogP) is 5.39. The van der Waals surface area contributed by atoms with Crippen LogP contribution in [0.4, 0.5) is 11.4 Å². The number of benzene rings is 3. The van der Waals surface area contributed by atoms with E-state index in [4.69, 9.17) is 4.74 Å². The molecule has 3 aromatic carbocycles. The summed E-state index contributed by atoms with van der Waals surface area (Å²) in [5.74, 6) is 0.709. The van der Waals surface area contributed by atoms with Gasteiger partial charge in [0, 0.05) is 16.9 Å². The van der Waals surface area contributed by atoms with Gasteiger partial charge in [-0.1, -0.05) is 26.0 Å². The molecule has 168 valence electrons. The SMILES string of the molecule is Cc1cc(C)cc(NS(=O)(=O)c2ccc(NC(=O)c3cccc(OCC(C)C)c3)cc2)c1. The summed E-state index contributed by atoms with van der Waals surface area (Å²) in [6.07, 6.45) is 0. The van der Waals surface area contributed by atoms with E-state index in [0.717, 1.165) is 11.1 Å². The van der Waals surface area contributed by atoms with Gasteiger partial charge in [-0.2, -0.15) is 0 Å². The van der Waals surface area contributed by atoms with Gasteiger partial charge in [0.25, 0.3) is 15.9 Å². The van der Waals surface area contributed by atoms with Crippen LogP contribution in [0.3, 0.4) is 0 Å². The van der Waals surface area contributed by atoms with Gasteiger partial charge in [0.05, 0.1) is 11.5 Å². The highest BCUT2D eigenvalue weighted by molar-refractivity contribution is 7.92. The molecule has 1 amide bonds. The molecule has 0 radical (unpaired) electrons. The lowest BCUT2D eigenvalue weighted by atomic mass is 10.1. The van der Waals surface area contributed by atoms with Crippen molar-refractivity contribution in [1.82, 2.24) is 0 Å². The molecule has 0 aliphatic heterocycles. The Morgan fingerprint density at radius 1 is 0.906 bits per heavy atom. The second-order valence-electron chi connectivity index (χ2n) is 8.19. The Balaban J connectivity index is 1.69. The van der Waals surface area contributed by atoms with Crippen LogP contribution in [0, 0.1) is 19.8 Å². The molecular formula is C25H28N2O4S. The molecule has 0 unspecified atom stereocenters. The highest BCUT2D eigenvalue weighted by atomic mass is 32.2. The average Bonchev–Trinajstić information content (AvgIpc) is 2.72. The molecule has 3 aromatic rings. The number of rotatable bonds is 8. The molecule has 0 heterocycles. The standard InChI is InChI=1S/C25H28N2O4S/c1-17(2)16-31-23-7-5-6-20(15-23)25(28)26-21-8-10-24(11-9-21)32(29,30)27-22-13-18(3)12-19(4)14-22/h5-15,17,27H,16H2,1-4H3,(H,26,28). The minimum atomic E-state index is -3.74. The van der Waals surface area contributed by atoms with Crippen LogP contribution in [-0.4, -0.2) is 20.9 Å². The van der Waals surface area contributed by atoms with E-state index in [-0.39, 0.29) is 10.8 Å². The van der Waals surface area contributed by atoms with Crippen molar-refractivity contribution in [1.29, 1.82) is 0 Å². The maximum absolute atomic E-state index is 12.7. The van der Waals surface area contributed by atoms with Crippen molar-refractivity contribution < 1.29 is 17.9 Å². The third-order valence-corrected chi connectivity index (χ3v) is 5.97. The second kappa shape index (κ2) is 9.87. The van der Waals surface area contributed by atoms with Gasteiger partial charge in [-0.3, -0.25) is 9.52 Å². The first-order valence-corrected chi connectivity index (χ1v) is 11.9. The molecule has 0 spiro atoms. The molecule has 0 aliphatic rings. The van der Waals surface area contributed by atoms with Gasteiger partial charge in [-0.05, 0) is 85.5 Å². The number of ether oxygens (including phenoxy) is 1. The molecular weight excluding hydrogens is 424 g/mol. The number of sulfonamides is 1. The smallest absolute Gasteiger partial charge is 0.261 e. The largest absolute Gasteiger partial charge is 0.493 e. The van der Waals surface area contributed by atoms with E-state index >= 15 is 0 Å². The number of hydrogen-bond donors (Lipinski definition) is 2. The van der Waals surface area contributed by atoms with E-state index in [2.05, 4.69) is 23.9 Å². The van der Waals surface area contributed by atoms with E-state index in [1.807, 2.05) is 26.0 Å². The van der Waals surface area contributed by atoms with Gasteiger partial charge in [-0.15, -0.1) is 0 Å². The molecule has 0 aromatic heterocycles. The number of nitrogens with one attached hydrogen (secondary N) is 2. The van der Waals surface area contributed by atoms with Gasteiger partial charge in [0.2, 0.25) is 0 Å². The van der Waals surface area contributed by atoms with E-state index < -0.39 is 10.0 Å². The van der Waals surface area contributed by atoms with E-state index in [0.29, 0.717) is 35.2 Å². The van der Waals surface area contributed by atoms with Crippen molar-refractivity contribution in [3.8, 4) is 5.75 Å². The fourth-order valence-electron chi connectivity index (χ4n) is 3.16. The first-order chi connectivity index (χ1) is 15.1. The molecule has 0 aliphatic carbocycles. The number of amides is 1. The molecule has 0 saturated carbocycles. The summed E-state index contributed by atoms with van der Waals surface area (Å²) in [6.45, 7) is 8.50. The number of aryl methyl sites for hydroxylation is 2. The van der Waals surface area contributed by atoms with Crippen LogP contribution < -0.4 is 14.8 Å². The van der Waals surface area contributed by atoms with Gasteiger partial charge in [0.15, 0.2) is 0 Å². The number of carbonyl (C=O) groups excluding carboxylic acids is 1. The zero-order chi connectivity index (χ0) is 23.3. The summed E-state index contributed by atoms with van der Waals surface area (Å²) in [7, 11) is -3.74. The number of anilines is 2. The first kappa shape index (κ1) is 23.3. The molecule has 0 bridgehead atoms. The molecule has 0 fully saturated rings. The van der Waals surface area contributed by atoms with Gasteiger partial charge >= 0.3 is 0 Å². The zero-order valence-electron chi connectivity index (χ0n) is 18.7. The van der Waals surface area contributed by atoms with E-state index in [9.17, 15) is 13.2 Å².